The van der Waals surface area contributed by atoms with Crippen molar-refractivity contribution in [3.63, 3.8) is 0 Å². The molecule has 7 nitrogen and oxygen atoms in total. The largest absolute Gasteiger partial charge is 0.480 e. The molecule has 17 heavy (non-hydrogen) atoms. The van der Waals surface area contributed by atoms with Gasteiger partial charge >= 0.3 is 12.0 Å². The van der Waals surface area contributed by atoms with Gasteiger partial charge in [0, 0.05) is 6.04 Å². The average molecular weight is 243 g/mol. The van der Waals surface area contributed by atoms with Gasteiger partial charge in [0.05, 0.1) is 6.54 Å². The van der Waals surface area contributed by atoms with E-state index in [-0.39, 0.29) is 12.6 Å². The van der Waals surface area contributed by atoms with E-state index in [1.165, 1.54) is 13.8 Å². The number of hydrogen-bond donors (Lipinski definition) is 4. The van der Waals surface area contributed by atoms with Gasteiger partial charge in [0.25, 0.3) is 0 Å². The maximum absolute atomic E-state index is 11.3. The summed E-state index contributed by atoms with van der Waals surface area (Å²) >= 11 is 0. The summed E-state index contributed by atoms with van der Waals surface area (Å²) < 4.78 is 0. The molecule has 4 N–H and O–H groups in total. The van der Waals surface area contributed by atoms with E-state index in [4.69, 9.17) is 5.11 Å². The van der Waals surface area contributed by atoms with Crippen molar-refractivity contribution in [2.24, 2.45) is 0 Å². The number of aliphatic carboxylic acids is 1. The standard InChI is InChI=1S/C10H17N3O4/c1-10(2,8(15)16)11-5-7(14)13-9(17)12-6-3-4-6/h6,11H,3-5H2,1-2H3,(H,15,16)(H2,12,13,14,17). The van der Waals surface area contributed by atoms with Crippen LogP contribution in [0.1, 0.15) is 26.7 Å². The highest BCUT2D eigenvalue weighted by molar-refractivity contribution is 5.95. The first kappa shape index (κ1) is 13.4. The van der Waals surface area contributed by atoms with E-state index in [1.54, 1.807) is 0 Å². The van der Waals surface area contributed by atoms with Crippen LogP contribution in [0.5, 0.6) is 0 Å². The molecule has 0 aromatic heterocycles. The molecule has 0 heterocycles. The van der Waals surface area contributed by atoms with Crippen molar-refractivity contribution in [3.05, 3.63) is 0 Å². The van der Waals surface area contributed by atoms with Crippen molar-refractivity contribution >= 4 is 17.9 Å². The van der Waals surface area contributed by atoms with Crippen LogP contribution in [0.15, 0.2) is 0 Å². The molecule has 1 aliphatic rings. The minimum Gasteiger partial charge on any atom is -0.480 e. The first-order chi connectivity index (χ1) is 7.81. The Labute approximate surface area is 98.9 Å². The summed E-state index contributed by atoms with van der Waals surface area (Å²) in [5.74, 6) is -1.62. The third-order valence-corrected chi connectivity index (χ3v) is 2.39. The van der Waals surface area contributed by atoms with E-state index in [0.29, 0.717) is 0 Å². The number of amides is 3. The molecule has 0 aromatic carbocycles. The summed E-state index contributed by atoms with van der Waals surface area (Å²) in [5.41, 5.74) is -1.20. The van der Waals surface area contributed by atoms with E-state index in [9.17, 15) is 14.4 Å². The highest BCUT2D eigenvalue weighted by atomic mass is 16.4. The third kappa shape index (κ3) is 4.81. The fourth-order valence-electron chi connectivity index (χ4n) is 0.997. The average Bonchev–Trinajstić information content (AvgIpc) is 2.98. The van der Waals surface area contributed by atoms with Crippen LogP contribution in [0.25, 0.3) is 0 Å². The van der Waals surface area contributed by atoms with Gasteiger partial charge in [0.15, 0.2) is 0 Å². The highest BCUT2D eigenvalue weighted by Gasteiger charge is 2.28. The lowest BCUT2D eigenvalue weighted by Gasteiger charge is -2.20. The number of carbonyl (C=O) groups excluding carboxylic acids is 2. The van der Waals surface area contributed by atoms with Gasteiger partial charge in [-0.05, 0) is 26.7 Å². The van der Waals surface area contributed by atoms with E-state index in [0.717, 1.165) is 12.8 Å². The zero-order valence-electron chi connectivity index (χ0n) is 9.87. The van der Waals surface area contributed by atoms with Crippen LogP contribution >= 0.6 is 0 Å². The number of hydrogen-bond acceptors (Lipinski definition) is 4. The molecule has 7 heteroatoms. The number of rotatable bonds is 5. The molecular formula is C10H17N3O4. The molecule has 0 saturated heterocycles. The molecule has 1 saturated carbocycles. The van der Waals surface area contributed by atoms with Crippen LogP contribution in [0.4, 0.5) is 4.79 Å². The second-order valence-corrected chi connectivity index (χ2v) is 4.58. The van der Waals surface area contributed by atoms with E-state index < -0.39 is 23.4 Å². The molecule has 0 unspecified atom stereocenters. The predicted molar refractivity (Wildman–Crippen MR) is 59.4 cm³/mol. The monoisotopic (exact) mass is 243 g/mol. The van der Waals surface area contributed by atoms with Crippen LogP contribution in [-0.4, -0.2) is 41.1 Å². The lowest BCUT2D eigenvalue weighted by molar-refractivity contribution is -0.143. The van der Waals surface area contributed by atoms with Crippen LogP contribution in [0.3, 0.4) is 0 Å². The molecule has 1 aliphatic carbocycles. The van der Waals surface area contributed by atoms with E-state index in [1.807, 2.05) is 0 Å². The number of imide groups is 1. The Morgan fingerprint density at radius 3 is 2.35 bits per heavy atom. The summed E-state index contributed by atoms with van der Waals surface area (Å²) in [5, 5.41) is 16.0. The number of carbonyl (C=O) groups is 3. The molecule has 0 aromatic rings. The fraction of sp³-hybridized carbons (Fsp3) is 0.700. The zero-order valence-corrected chi connectivity index (χ0v) is 9.87. The Morgan fingerprint density at radius 2 is 1.88 bits per heavy atom. The lowest BCUT2D eigenvalue weighted by atomic mass is 10.1. The smallest absolute Gasteiger partial charge is 0.323 e. The second-order valence-electron chi connectivity index (χ2n) is 4.58. The van der Waals surface area contributed by atoms with Gasteiger partial charge < -0.3 is 10.4 Å². The number of urea groups is 1. The Balaban J connectivity index is 2.24. The lowest BCUT2D eigenvalue weighted by Crippen LogP contribution is -2.52. The second kappa shape index (κ2) is 5.13. The maximum Gasteiger partial charge on any atom is 0.323 e. The SMILES string of the molecule is CC(C)(NCC(=O)NC(=O)NC1CC1)C(=O)O. The molecular weight excluding hydrogens is 226 g/mol. The molecule has 1 rings (SSSR count). The first-order valence-corrected chi connectivity index (χ1v) is 5.40. The Morgan fingerprint density at radius 1 is 1.29 bits per heavy atom. The summed E-state index contributed by atoms with van der Waals surface area (Å²) in [6.07, 6.45) is 1.87. The van der Waals surface area contributed by atoms with Crippen molar-refractivity contribution in [2.75, 3.05) is 6.54 Å². The van der Waals surface area contributed by atoms with Crippen molar-refractivity contribution in [1.82, 2.24) is 16.0 Å². The fourth-order valence-corrected chi connectivity index (χ4v) is 0.997. The molecule has 0 bridgehead atoms. The summed E-state index contributed by atoms with van der Waals surface area (Å²) in [7, 11) is 0. The van der Waals surface area contributed by atoms with E-state index >= 15 is 0 Å². The molecule has 1 fully saturated rings. The summed E-state index contributed by atoms with van der Waals surface area (Å²) in [6, 6.07) is -0.362. The van der Waals surface area contributed by atoms with Crippen LogP contribution in [0.2, 0.25) is 0 Å². The number of carboxylic acids is 1. The summed E-state index contributed by atoms with van der Waals surface area (Å²) in [6.45, 7) is 2.65. The van der Waals surface area contributed by atoms with Crippen LogP contribution in [0, 0.1) is 0 Å². The molecule has 0 radical (unpaired) electrons. The van der Waals surface area contributed by atoms with Crippen LogP contribution in [-0.2, 0) is 9.59 Å². The first-order valence-electron chi connectivity index (χ1n) is 5.40. The Bertz CT molecular complexity index is 336. The molecule has 0 aliphatic heterocycles. The normalized spacial score (nSPS) is 15.2. The van der Waals surface area contributed by atoms with Gasteiger partial charge in [-0.1, -0.05) is 0 Å². The Hall–Kier alpha value is -1.63. The number of carboxylic acid groups (broad SMARTS) is 1. The zero-order chi connectivity index (χ0) is 13.1. The van der Waals surface area contributed by atoms with Crippen LogP contribution < -0.4 is 16.0 Å². The van der Waals surface area contributed by atoms with Crippen molar-refractivity contribution in [1.29, 1.82) is 0 Å². The summed E-state index contributed by atoms with van der Waals surface area (Å²) in [4.78, 5) is 33.2. The third-order valence-electron chi connectivity index (χ3n) is 2.39. The minimum absolute atomic E-state index is 0.172. The maximum atomic E-state index is 11.3. The van der Waals surface area contributed by atoms with Crippen molar-refractivity contribution in [3.8, 4) is 0 Å². The van der Waals surface area contributed by atoms with Crippen molar-refractivity contribution in [2.45, 2.75) is 38.3 Å². The number of nitrogens with one attached hydrogen (secondary N) is 3. The molecule has 3 amide bonds. The van der Waals surface area contributed by atoms with Crippen molar-refractivity contribution < 1.29 is 19.5 Å². The van der Waals surface area contributed by atoms with Gasteiger partial charge in [-0.3, -0.25) is 20.2 Å². The van der Waals surface area contributed by atoms with Gasteiger partial charge in [-0.25, -0.2) is 4.79 Å². The Kier molecular flexibility index (Phi) is 4.06. The molecule has 0 spiro atoms. The van der Waals surface area contributed by atoms with Gasteiger partial charge in [-0.15, -0.1) is 0 Å². The highest BCUT2D eigenvalue weighted by Crippen LogP contribution is 2.18. The predicted octanol–water partition coefficient (Wildman–Crippen LogP) is -0.573. The minimum atomic E-state index is -1.20. The van der Waals surface area contributed by atoms with Gasteiger partial charge in [-0.2, -0.15) is 0 Å². The topological polar surface area (TPSA) is 108 Å². The molecule has 0 atom stereocenters. The van der Waals surface area contributed by atoms with Gasteiger partial charge in [0.2, 0.25) is 5.91 Å². The molecule has 96 valence electrons. The van der Waals surface area contributed by atoms with E-state index in [2.05, 4.69) is 16.0 Å². The van der Waals surface area contributed by atoms with Gasteiger partial charge in [0.1, 0.15) is 5.54 Å². The quantitative estimate of drug-likeness (QED) is 0.517.